The second-order valence-electron chi connectivity index (χ2n) is 5.14. The molecular weight excluding hydrogens is 327 g/mol. The van der Waals surface area contributed by atoms with E-state index in [9.17, 15) is 10.1 Å². The first kappa shape index (κ1) is 16.5. The maximum Gasteiger partial charge on any atom is 0.231 e. The number of carbonyl (C=O) groups excluding carboxylic acids is 1. The Morgan fingerprint density at radius 3 is 2.48 bits per heavy atom. The van der Waals surface area contributed by atoms with Crippen molar-refractivity contribution in [3.8, 4) is 6.07 Å². The highest BCUT2D eigenvalue weighted by Crippen LogP contribution is 2.34. The third-order valence-electron chi connectivity index (χ3n) is 3.57. The van der Waals surface area contributed by atoms with Crippen molar-refractivity contribution < 1.29 is 4.79 Å². The van der Waals surface area contributed by atoms with Crippen molar-refractivity contribution in [3.63, 3.8) is 0 Å². The lowest BCUT2D eigenvalue weighted by molar-refractivity contribution is -0.120. The molecule has 0 radical (unpaired) electrons. The summed E-state index contributed by atoms with van der Waals surface area (Å²) in [5.74, 6) is 0.0480. The van der Waals surface area contributed by atoms with Gasteiger partial charge in [0.25, 0.3) is 0 Å². The lowest BCUT2D eigenvalue weighted by atomic mass is 9.83. The topological polar surface area (TPSA) is 52.9 Å². The predicted molar refractivity (Wildman–Crippen MR) is 86.8 cm³/mol. The molecule has 2 rings (SSSR count). The average Bonchev–Trinajstić information content (AvgIpc) is 2.47. The molecule has 1 aliphatic carbocycles. The number of hydrogen-bond acceptors (Lipinski definition) is 3. The van der Waals surface area contributed by atoms with Crippen LogP contribution >= 0.6 is 35.0 Å². The molecule has 0 heterocycles. The first-order valence-electron chi connectivity index (χ1n) is 6.85. The Morgan fingerprint density at radius 2 is 1.90 bits per heavy atom. The minimum Gasteiger partial charge on any atom is -0.337 e. The molecule has 0 bridgehead atoms. The second kappa shape index (κ2) is 7.40. The Balaban J connectivity index is 1.94. The summed E-state index contributed by atoms with van der Waals surface area (Å²) < 4.78 is 0. The standard InChI is InChI=1S/C15H16Cl2N2OS/c16-11-5-4-6-12(17)14(11)21-9-13(20)19-15(10-18)7-2-1-3-8-15/h4-6H,1-3,7-9H2,(H,19,20). The number of halogens is 2. The number of nitrogens with one attached hydrogen (secondary N) is 1. The maximum atomic E-state index is 12.1. The summed E-state index contributed by atoms with van der Waals surface area (Å²) in [4.78, 5) is 12.8. The molecule has 0 spiro atoms. The smallest absolute Gasteiger partial charge is 0.231 e. The third-order valence-corrected chi connectivity index (χ3v) is 5.56. The second-order valence-corrected chi connectivity index (χ2v) is 6.94. The van der Waals surface area contributed by atoms with Crippen LogP contribution in [0.5, 0.6) is 0 Å². The van der Waals surface area contributed by atoms with Gasteiger partial charge in [-0.05, 0) is 25.0 Å². The van der Waals surface area contributed by atoms with Gasteiger partial charge in [-0.2, -0.15) is 5.26 Å². The van der Waals surface area contributed by atoms with Gasteiger partial charge in [-0.15, -0.1) is 11.8 Å². The van der Waals surface area contributed by atoms with Crippen molar-refractivity contribution in [3.05, 3.63) is 28.2 Å². The van der Waals surface area contributed by atoms with Crippen molar-refractivity contribution in [1.29, 1.82) is 5.26 Å². The van der Waals surface area contributed by atoms with E-state index in [4.69, 9.17) is 23.2 Å². The van der Waals surface area contributed by atoms with Gasteiger partial charge in [-0.1, -0.05) is 48.5 Å². The molecule has 1 fully saturated rings. The van der Waals surface area contributed by atoms with Crippen molar-refractivity contribution >= 4 is 40.9 Å². The summed E-state index contributed by atoms with van der Waals surface area (Å²) in [6, 6.07) is 7.52. The summed E-state index contributed by atoms with van der Waals surface area (Å²) in [6.45, 7) is 0. The van der Waals surface area contributed by atoms with Crippen molar-refractivity contribution in [2.24, 2.45) is 0 Å². The molecule has 112 valence electrons. The number of nitriles is 1. The van der Waals surface area contributed by atoms with Gasteiger partial charge in [0.15, 0.2) is 0 Å². The minimum atomic E-state index is -0.694. The SMILES string of the molecule is N#CC1(NC(=O)CSc2c(Cl)cccc2Cl)CCCCC1. The number of hydrogen-bond donors (Lipinski definition) is 1. The lowest BCUT2D eigenvalue weighted by Crippen LogP contribution is -2.49. The Morgan fingerprint density at radius 1 is 1.29 bits per heavy atom. The molecule has 6 heteroatoms. The van der Waals surface area contributed by atoms with Gasteiger partial charge < -0.3 is 5.32 Å². The summed E-state index contributed by atoms with van der Waals surface area (Å²) in [7, 11) is 0. The highest BCUT2D eigenvalue weighted by molar-refractivity contribution is 8.00. The fraction of sp³-hybridized carbons (Fsp3) is 0.467. The first-order chi connectivity index (χ1) is 10.1. The highest BCUT2D eigenvalue weighted by Gasteiger charge is 2.33. The lowest BCUT2D eigenvalue weighted by Gasteiger charge is -2.31. The van der Waals surface area contributed by atoms with E-state index in [0.29, 0.717) is 14.9 Å². The number of thioether (sulfide) groups is 1. The summed E-state index contributed by atoms with van der Waals surface area (Å²) in [5.41, 5.74) is -0.694. The fourth-order valence-electron chi connectivity index (χ4n) is 2.48. The van der Waals surface area contributed by atoms with Crippen LogP contribution < -0.4 is 5.32 Å². The molecule has 3 nitrogen and oxygen atoms in total. The van der Waals surface area contributed by atoms with Gasteiger partial charge >= 0.3 is 0 Å². The van der Waals surface area contributed by atoms with Crippen molar-refractivity contribution in [1.82, 2.24) is 5.32 Å². The molecule has 1 amide bonds. The van der Waals surface area contributed by atoms with Gasteiger partial charge in [0.05, 0.1) is 21.9 Å². The molecular formula is C15H16Cl2N2OS. The van der Waals surface area contributed by atoms with Crippen LogP contribution in [0.3, 0.4) is 0 Å². The van der Waals surface area contributed by atoms with E-state index >= 15 is 0 Å². The zero-order chi connectivity index (χ0) is 15.3. The van der Waals surface area contributed by atoms with Crippen LogP contribution in [0.1, 0.15) is 32.1 Å². The molecule has 0 unspecified atom stereocenters. The Bertz CT molecular complexity index is 545. The third kappa shape index (κ3) is 4.29. The Labute approximate surface area is 139 Å². The van der Waals surface area contributed by atoms with E-state index in [1.807, 2.05) is 0 Å². The van der Waals surface area contributed by atoms with Crippen LogP contribution in [0.4, 0.5) is 0 Å². The Kier molecular flexibility index (Phi) is 5.80. The van der Waals surface area contributed by atoms with E-state index in [1.165, 1.54) is 11.8 Å². The zero-order valence-electron chi connectivity index (χ0n) is 11.5. The van der Waals surface area contributed by atoms with E-state index in [2.05, 4.69) is 11.4 Å². The molecule has 1 saturated carbocycles. The monoisotopic (exact) mass is 342 g/mol. The van der Waals surface area contributed by atoms with E-state index in [-0.39, 0.29) is 11.7 Å². The number of benzene rings is 1. The van der Waals surface area contributed by atoms with E-state index in [1.54, 1.807) is 18.2 Å². The molecule has 1 N–H and O–H groups in total. The van der Waals surface area contributed by atoms with Gasteiger partial charge in [0, 0.05) is 4.90 Å². The van der Waals surface area contributed by atoms with Crippen LogP contribution in [0.15, 0.2) is 23.1 Å². The van der Waals surface area contributed by atoms with Gasteiger partial charge in [0.1, 0.15) is 5.54 Å². The van der Waals surface area contributed by atoms with Gasteiger partial charge in [-0.3, -0.25) is 4.79 Å². The molecule has 1 aromatic carbocycles. The number of nitrogens with zero attached hydrogens (tertiary/aromatic N) is 1. The van der Waals surface area contributed by atoms with Crippen LogP contribution in [-0.4, -0.2) is 17.2 Å². The molecule has 1 aliphatic rings. The van der Waals surface area contributed by atoms with Crippen molar-refractivity contribution in [2.45, 2.75) is 42.5 Å². The maximum absolute atomic E-state index is 12.1. The van der Waals surface area contributed by atoms with E-state index < -0.39 is 5.54 Å². The summed E-state index contributed by atoms with van der Waals surface area (Å²) in [6.07, 6.45) is 4.55. The minimum absolute atomic E-state index is 0.153. The Hall–Kier alpha value is -0.890. The highest BCUT2D eigenvalue weighted by atomic mass is 35.5. The molecule has 0 saturated heterocycles. The molecule has 0 aliphatic heterocycles. The zero-order valence-corrected chi connectivity index (χ0v) is 13.8. The largest absolute Gasteiger partial charge is 0.337 e. The van der Waals surface area contributed by atoms with Crippen LogP contribution in [0, 0.1) is 11.3 Å². The predicted octanol–water partition coefficient (Wildman–Crippen LogP) is 4.43. The summed E-state index contributed by atoms with van der Waals surface area (Å²) in [5, 5.41) is 13.3. The quantitative estimate of drug-likeness (QED) is 0.823. The van der Waals surface area contributed by atoms with Gasteiger partial charge in [-0.25, -0.2) is 0 Å². The van der Waals surface area contributed by atoms with Crippen LogP contribution in [0.25, 0.3) is 0 Å². The number of carbonyl (C=O) groups is 1. The average molecular weight is 343 g/mol. The van der Waals surface area contributed by atoms with E-state index in [0.717, 1.165) is 32.1 Å². The summed E-state index contributed by atoms with van der Waals surface area (Å²) >= 11 is 13.4. The number of rotatable bonds is 4. The first-order valence-corrected chi connectivity index (χ1v) is 8.59. The van der Waals surface area contributed by atoms with Crippen LogP contribution in [0.2, 0.25) is 10.0 Å². The number of amides is 1. The fourth-order valence-corrected chi connectivity index (χ4v) is 3.97. The molecule has 0 atom stereocenters. The van der Waals surface area contributed by atoms with Gasteiger partial charge in [0.2, 0.25) is 5.91 Å². The van der Waals surface area contributed by atoms with Crippen molar-refractivity contribution in [2.75, 3.05) is 5.75 Å². The molecule has 21 heavy (non-hydrogen) atoms. The van der Waals surface area contributed by atoms with Crippen LogP contribution in [-0.2, 0) is 4.79 Å². The molecule has 1 aromatic rings. The molecule has 0 aromatic heterocycles. The normalized spacial score (nSPS) is 17.0.